The summed E-state index contributed by atoms with van der Waals surface area (Å²) in [7, 11) is 0. The summed E-state index contributed by atoms with van der Waals surface area (Å²) in [5.41, 5.74) is 0.780. The van der Waals surface area contributed by atoms with Crippen molar-refractivity contribution in [1.82, 2.24) is 0 Å². The highest BCUT2D eigenvalue weighted by atomic mass is 16.6. The van der Waals surface area contributed by atoms with Crippen molar-refractivity contribution in [2.24, 2.45) is 0 Å². The molecule has 0 aromatic carbocycles. The molecule has 0 bridgehead atoms. The molecule has 1 aromatic heterocycles. The number of ether oxygens (including phenoxy) is 2. The van der Waals surface area contributed by atoms with Crippen LogP contribution in [0.4, 0.5) is 0 Å². The van der Waals surface area contributed by atoms with Gasteiger partial charge in [0.1, 0.15) is 22.3 Å². The predicted molar refractivity (Wildman–Crippen MR) is 82.8 cm³/mol. The number of rotatable bonds is 2. The summed E-state index contributed by atoms with van der Waals surface area (Å²) in [6.07, 6.45) is 0. The minimum Gasteiger partial charge on any atom is -0.456 e. The summed E-state index contributed by atoms with van der Waals surface area (Å²) < 4.78 is 10.7. The van der Waals surface area contributed by atoms with Crippen LogP contribution in [0.1, 0.15) is 73.6 Å². The zero-order valence-electron chi connectivity index (χ0n) is 14.7. The quantitative estimate of drug-likeness (QED) is 0.788. The zero-order valence-corrected chi connectivity index (χ0v) is 14.7. The van der Waals surface area contributed by atoms with E-state index in [1.165, 1.54) is 6.07 Å². The van der Waals surface area contributed by atoms with E-state index in [4.69, 9.17) is 9.47 Å². The SMILES string of the molecule is Cc1[nH+]c(C)c(C(=O)OC(C)(C)C)cc1C(=O)OC(C)(C)C. The van der Waals surface area contributed by atoms with Crippen molar-refractivity contribution in [3.05, 3.63) is 28.6 Å². The number of nitrogens with one attached hydrogen (secondary N) is 1. The van der Waals surface area contributed by atoms with Crippen molar-refractivity contribution in [2.45, 2.75) is 66.6 Å². The first kappa shape index (κ1) is 18.1. The Morgan fingerprint density at radius 2 is 1.14 bits per heavy atom. The normalized spacial score (nSPS) is 12.0. The maximum absolute atomic E-state index is 12.3. The third kappa shape index (κ3) is 5.13. The Morgan fingerprint density at radius 1 is 0.818 bits per heavy atom. The smallest absolute Gasteiger partial charge is 0.345 e. The highest BCUT2D eigenvalue weighted by Crippen LogP contribution is 2.18. The highest BCUT2D eigenvalue weighted by Gasteiger charge is 2.28. The lowest BCUT2D eigenvalue weighted by atomic mass is 10.1. The second kappa shape index (κ2) is 6.07. The van der Waals surface area contributed by atoms with Crippen LogP contribution >= 0.6 is 0 Å². The van der Waals surface area contributed by atoms with E-state index in [1.807, 2.05) is 0 Å². The second-order valence-electron chi connectivity index (χ2n) is 7.35. The number of aryl methyl sites for hydroxylation is 2. The Kier molecular flexibility index (Phi) is 5.00. The summed E-state index contributed by atoms with van der Waals surface area (Å²) in [5.74, 6) is -0.933. The van der Waals surface area contributed by atoms with Gasteiger partial charge in [0.05, 0.1) is 0 Å². The molecular weight excluding hydrogens is 282 g/mol. The van der Waals surface area contributed by atoms with Crippen molar-refractivity contribution >= 4 is 11.9 Å². The predicted octanol–water partition coefficient (Wildman–Crippen LogP) is 3.03. The molecule has 0 unspecified atom stereocenters. The van der Waals surface area contributed by atoms with Crippen LogP contribution in [0, 0.1) is 13.8 Å². The minimum absolute atomic E-state index is 0.335. The molecule has 0 amide bonds. The first-order valence-corrected chi connectivity index (χ1v) is 7.30. The lowest BCUT2D eigenvalue weighted by Gasteiger charge is -2.20. The molecule has 0 aliphatic carbocycles. The lowest BCUT2D eigenvalue weighted by Crippen LogP contribution is -2.30. The van der Waals surface area contributed by atoms with E-state index in [0.717, 1.165) is 0 Å². The van der Waals surface area contributed by atoms with Crippen molar-refractivity contribution in [1.29, 1.82) is 0 Å². The number of carbonyl (C=O) groups is 2. The van der Waals surface area contributed by atoms with Gasteiger partial charge in [-0.15, -0.1) is 0 Å². The van der Waals surface area contributed by atoms with Gasteiger partial charge in [0.15, 0.2) is 11.4 Å². The maximum Gasteiger partial charge on any atom is 0.345 e. The maximum atomic E-state index is 12.3. The number of esters is 2. The molecule has 5 nitrogen and oxygen atoms in total. The third-order valence-corrected chi connectivity index (χ3v) is 2.71. The summed E-state index contributed by atoms with van der Waals surface area (Å²) in [5, 5.41) is 0. The molecule has 0 atom stereocenters. The molecular formula is C17H26NO4+. The Hall–Kier alpha value is -1.91. The van der Waals surface area contributed by atoms with E-state index in [0.29, 0.717) is 22.5 Å². The van der Waals surface area contributed by atoms with E-state index < -0.39 is 23.1 Å². The molecule has 0 radical (unpaired) electrons. The molecule has 1 heterocycles. The van der Waals surface area contributed by atoms with Gasteiger partial charge in [0.2, 0.25) is 0 Å². The van der Waals surface area contributed by atoms with Crippen LogP contribution in [0.3, 0.4) is 0 Å². The van der Waals surface area contributed by atoms with E-state index in [9.17, 15) is 9.59 Å². The Morgan fingerprint density at radius 3 is 1.41 bits per heavy atom. The molecule has 122 valence electrons. The molecule has 1 N–H and O–H groups in total. The number of hydrogen-bond donors (Lipinski definition) is 0. The van der Waals surface area contributed by atoms with E-state index in [1.54, 1.807) is 55.4 Å². The molecule has 0 aliphatic heterocycles. The molecule has 0 fully saturated rings. The van der Waals surface area contributed by atoms with Gasteiger partial charge in [-0.2, -0.15) is 0 Å². The zero-order chi connectivity index (χ0) is 17.3. The van der Waals surface area contributed by atoms with Crippen LogP contribution < -0.4 is 4.98 Å². The van der Waals surface area contributed by atoms with Crippen LogP contribution in [0.25, 0.3) is 0 Å². The van der Waals surface area contributed by atoms with Gasteiger partial charge in [-0.05, 0) is 47.6 Å². The Labute approximate surface area is 132 Å². The first-order valence-electron chi connectivity index (χ1n) is 7.30. The second-order valence-corrected chi connectivity index (χ2v) is 7.35. The highest BCUT2D eigenvalue weighted by molar-refractivity contribution is 5.96. The minimum atomic E-state index is -0.597. The first-order chi connectivity index (χ1) is 9.80. The van der Waals surface area contributed by atoms with Crippen LogP contribution in [0.5, 0.6) is 0 Å². The molecule has 0 saturated heterocycles. The Balaban J connectivity index is 3.20. The molecule has 1 aromatic rings. The standard InChI is InChI=1S/C17H25NO4/c1-10-12(14(19)21-16(3,4)5)9-13(11(2)18-10)15(20)22-17(6,7)8/h9H,1-8H3/p+1. The number of aromatic amines is 1. The number of aromatic nitrogens is 1. The van der Waals surface area contributed by atoms with Gasteiger partial charge in [-0.25, -0.2) is 14.6 Å². The van der Waals surface area contributed by atoms with Crippen molar-refractivity contribution in [2.75, 3.05) is 0 Å². The van der Waals surface area contributed by atoms with Gasteiger partial charge in [-0.3, -0.25) is 0 Å². The number of carbonyl (C=O) groups excluding carboxylic acids is 2. The molecule has 5 heteroatoms. The van der Waals surface area contributed by atoms with Crippen LogP contribution in [0.2, 0.25) is 0 Å². The van der Waals surface area contributed by atoms with E-state index in [2.05, 4.69) is 4.98 Å². The van der Waals surface area contributed by atoms with Gasteiger partial charge >= 0.3 is 11.9 Å². The fraction of sp³-hybridized carbons (Fsp3) is 0.588. The van der Waals surface area contributed by atoms with Gasteiger partial charge < -0.3 is 9.47 Å². The van der Waals surface area contributed by atoms with E-state index in [-0.39, 0.29) is 0 Å². The van der Waals surface area contributed by atoms with Crippen molar-refractivity contribution < 1.29 is 24.0 Å². The van der Waals surface area contributed by atoms with Crippen LogP contribution in [0.15, 0.2) is 6.07 Å². The largest absolute Gasteiger partial charge is 0.456 e. The summed E-state index contributed by atoms with van der Waals surface area (Å²) in [6, 6.07) is 1.53. The van der Waals surface area contributed by atoms with Gasteiger partial charge in [-0.1, -0.05) is 0 Å². The molecule has 1 rings (SSSR count). The van der Waals surface area contributed by atoms with Crippen LogP contribution in [-0.2, 0) is 9.47 Å². The molecule has 0 spiro atoms. The lowest BCUT2D eigenvalue weighted by molar-refractivity contribution is -0.397. The van der Waals surface area contributed by atoms with Gasteiger partial charge in [0, 0.05) is 13.8 Å². The summed E-state index contributed by atoms with van der Waals surface area (Å²) in [4.78, 5) is 27.6. The topological polar surface area (TPSA) is 66.7 Å². The summed E-state index contributed by atoms with van der Waals surface area (Å²) in [6.45, 7) is 14.3. The Bertz CT molecular complexity index is 543. The van der Waals surface area contributed by atoms with Crippen LogP contribution in [-0.4, -0.2) is 23.1 Å². The number of pyridine rings is 1. The summed E-state index contributed by atoms with van der Waals surface area (Å²) >= 11 is 0. The molecule has 0 saturated carbocycles. The average Bonchev–Trinajstić information content (AvgIpc) is 2.23. The molecule has 22 heavy (non-hydrogen) atoms. The number of hydrogen-bond acceptors (Lipinski definition) is 4. The number of H-pyrrole nitrogens is 1. The molecule has 0 aliphatic rings. The average molecular weight is 308 g/mol. The van der Waals surface area contributed by atoms with Crippen molar-refractivity contribution in [3.8, 4) is 0 Å². The van der Waals surface area contributed by atoms with Crippen molar-refractivity contribution in [3.63, 3.8) is 0 Å². The third-order valence-electron chi connectivity index (χ3n) is 2.71. The van der Waals surface area contributed by atoms with E-state index >= 15 is 0 Å². The monoisotopic (exact) mass is 308 g/mol. The fourth-order valence-electron chi connectivity index (χ4n) is 1.87. The fourth-order valence-corrected chi connectivity index (χ4v) is 1.87. The van der Waals surface area contributed by atoms with Gasteiger partial charge in [0.25, 0.3) is 0 Å².